The van der Waals surface area contributed by atoms with Gasteiger partial charge in [0.2, 0.25) is 5.92 Å². The van der Waals surface area contributed by atoms with E-state index in [-0.39, 0.29) is 34.5 Å². The second-order valence-electron chi connectivity index (χ2n) is 10.0. The van der Waals surface area contributed by atoms with Crippen molar-refractivity contribution >= 4 is 17.5 Å². The molecular formula is C23H24F8N8O4. The summed E-state index contributed by atoms with van der Waals surface area (Å²) in [7, 11) is 0. The zero-order chi connectivity index (χ0) is 31.7. The molecule has 1 aliphatic carbocycles. The lowest BCUT2D eigenvalue weighted by molar-refractivity contribution is -0.164. The van der Waals surface area contributed by atoms with E-state index in [9.17, 15) is 54.9 Å². The van der Waals surface area contributed by atoms with Crippen molar-refractivity contribution in [3.8, 4) is 0 Å². The van der Waals surface area contributed by atoms with Crippen molar-refractivity contribution in [2.24, 2.45) is 5.92 Å². The molecule has 0 radical (unpaired) electrons. The number of fused-ring (bicyclic) bond motifs is 1. The number of halogens is 8. The van der Waals surface area contributed by atoms with Crippen LogP contribution in [0.5, 0.6) is 0 Å². The Morgan fingerprint density at radius 3 is 2.33 bits per heavy atom. The Hall–Kier alpha value is -3.94. The Kier molecular flexibility index (Phi) is 8.91. The molecule has 0 unspecified atom stereocenters. The minimum Gasteiger partial charge on any atom is -0.383 e. The quantitative estimate of drug-likeness (QED) is 0.208. The number of aromatic nitrogens is 6. The first-order valence-corrected chi connectivity index (χ1v) is 12.6. The first-order valence-electron chi connectivity index (χ1n) is 12.6. The summed E-state index contributed by atoms with van der Waals surface area (Å²) in [4.78, 5) is 29.3. The van der Waals surface area contributed by atoms with Crippen LogP contribution in [0.4, 0.5) is 35.1 Å². The molecule has 0 aliphatic heterocycles. The number of amides is 2. The van der Waals surface area contributed by atoms with Gasteiger partial charge in [0.1, 0.15) is 6.10 Å². The van der Waals surface area contributed by atoms with Gasteiger partial charge >= 0.3 is 12.4 Å². The molecule has 12 nitrogen and oxygen atoms in total. The van der Waals surface area contributed by atoms with Crippen LogP contribution in [0.3, 0.4) is 0 Å². The number of alkyl halides is 8. The Labute approximate surface area is 236 Å². The molecule has 20 heteroatoms. The monoisotopic (exact) mass is 628 g/mol. The molecule has 1 aliphatic rings. The molecule has 0 bridgehead atoms. The van der Waals surface area contributed by atoms with E-state index < -0.39 is 85.9 Å². The summed E-state index contributed by atoms with van der Waals surface area (Å²) in [6.07, 6.45) is -13.6. The minimum absolute atomic E-state index is 0.00755. The van der Waals surface area contributed by atoms with Crippen LogP contribution in [-0.2, 0) is 11.3 Å². The Balaban J connectivity index is 1.55. The van der Waals surface area contributed by atoms with Gasteiger partial charge in [-0.1, -0.05) is 0 Å². The number of hydrogen-bond donors (Lipinski definition) is 4. The number of rotatable bonds is 9. The molecule has 3 heterocycles. The standard InChI is InChI=1S/C23H24F8N8O4/c24-21(25)3-1-11(2-4-21)17(35-19(42)13-8-33-39(37-13)10-23(29,30)31)14-9-38-16(34-14)5-12(7-32-38)18(41)36-20(43)15(40)6-22(26,27)28/h5,7-9,11,15,17-18,40-41H,1-4,6,10H2,(H,35,42)(H,36,43)/t15-,17-,18+/m0/s1. The van der Waals surface area contributed by atoms with Crippen LogP contribution in [0, 0.1) is 5.92 Å². The van der Waals surface area contributed by atoms with E-state index in [4.69, 9.17) is 0 Å². The number of aliphatic hydroxyl groups is 2. The molecule has 3 atom stereocenters. The predicted molar refractivity (Wildman–Crippen MR) is 126 cm³/mol. The van der Waals surface area contributed by atoms with E-state index in [2.05, 4.69) is 25.6 Å². The number of carbonyl (C=O) groups excluding carboxylic acids is 2. The van der Waals surface area contributed by atoms with Gasteiger partial charge in [-0.2, -0.15) is 41.3 Å². The second kappa shape index (κ2) is 12.0. The van der Waals surface area contributed by atoms with Gasteiger partial charge < -0.3 is 20.8 Å². The molecule has 1 saturated carbocycles. The third-order valence-electron chi connectivity index (χ3n) is 6.61. The van der Waals surface area contributed by atoms with Crippen molar-refractivity contribution in [2.45, 2.75) is 75.3 Å². The Bertz CT molecular complexity index is 1450. The van der Waals surface area contributed by atoms with Crippen LogP contribution >= 0.6 is 0 Å². The van der Waals surface area contributed by atoms with Crippen molar-refractivity contribution in [2.75, 3.05) is 0 Å². The zero-order valence-corrected chi connectivity index (χ0v) is 21.8. The van der Waals surface area contributed by atoms with Crippen molar-refractivity contribution in [3.05, 3.63) is 41.6 Å². The number of aliphatic hydroxyl groups excluding tert-OH is 2. The van der Waals surface area contributed by atoms with Gasteiger partial charge in [0.05, 0.1) is 36.7 Å². The molecule has 4 rings (SSSR count). The maximum atomic E-state index is 13.9. The fourth-order valence-corrected chi connectivity index (χ4v) is 4.52. The van der Waals surface area contributed by atoms with Gasteiger partial charge in [-0.15, -0.1) is 5.10 Å². The highest BCUT2D eigenvalue weighted by Gasteiger charge is 2.40. The highest BCUT2D eigenvalue weighted by molar-refractivity contribution is 5.92. The topological polar surface area (TPSA) is 160 Å². The van der Waals surface area contributed by atoms with Gasteiger partial charge in [-0.25, -0.2) is 18.3 Å². The molecule has 0 saturated heterocycles. The van der Waals surface area contributed by atoms with Gasteiger partial charge in [0, 0.05) is 18.4 Å². The fraction of sp³-hybridized carbons (Fsp3) is 0.565. The third-order valence-corrected chi connectivity index (χ3v) is 6.61. The number of hydrogen-bond acceptors (Lipinski definition) is 8. The zero-order valence-electron chi connectivity index (χ0n) is 21.8. The predicted octanol–water partition coefficient (Wildman–Crippen LogP) is 2.60. The molecule has 2 amide bonds. The molecule has 4 N–H and O–H groups in total. The Morgan fingerprint density at radius 1 is 1.02 bits per heavy atom. The van der Waals surface area contributed by atoms with Crippen LogP contribution in [0.2, 0.25) is 0 Å². The van der Waals surface area contributed by atoms with E-state index in [0.717, 1.165) is 12.4 Å². The smallest absolute Gasteiger partial charge is 0.383 e. The summed E-state index contributed by atoms with van der Waals surface area (Å²) in [5.41, 5.74) is -0.495. The van der Waals surface area contributed by atoms with Crippen LogP contribution in [0.15, 0.2) is 24.7 Å². The molecule has 3 aromatic rings. The molecule has 3 aromatic heterocycles. The summed E-state index contributed by atoms with van der Waals surface area (Å²) in [5.74, 6) is -5.96. The lowest BCUT2D eigenvalue weighted by atomic mass is 9.81. The molecule has 236 valence electrons. The number of carbonyl (C=O) groups is 2. The first-order chi connectivity index (χ1) is 19.9. The fourth-order valence-electron chi connectivity index (χ4n) is 4.52. The maximum absolute atomic E-state index is 13.9. The summed E-state index contributed by atoms with van der Waals surface area (Å²) in [6.45, 7) is -1.55. The van der Waals surface area contributed by atoms with E-state index in [1.165, 1.54) is 16.8 Å². The average Bonchev–Trinajstić information content (AvgIpc) is 3.51. The van der Waals surface area contributed by atoms with Crippen molar-refractivity contribution in [1.29, 1.82) is 0 Å². The average molecular weight is 628 g/mol. The highest BCUT2D eigenvalue weighted by Crippen LogP contribution is 2.41. The third kappa shape index (κ3) is 8.55. The largest absolute Gasteiger partial charge is 0.409 e. The van der Waals surface area contributed by atoms with Gasteiger partial charge in [-0.3, -0.25) is 9.59 Å². The summed E-state index contributed by atoms with van der Waals surface area (Å²) >= 11 is 0. The van der Waals surface area contributed by atoms with Crippen molar-refractivity contribution in [3.63, 3.8) is 0 Å². The number of nitrogens with one attached hydrogen (secondary N) is 2. The van der Waals surface area contributed by atoms with E-state index in [1.54, 1.807) is 0 Å². The lowest BCUT2D eigenvalue weighted by Crippen LogP contribution is -2.39. The van der Waals surface area contributed by atoms with Crippen molar-refractivity contribution < 1.29 is 54.9 Å². The summed E-state index contributed by atoms with van der Waals surface area (Å²) in [5, 5.41) is 35.0. The molecule has 43 heavy (non-hydrogen) atoms. The SMILES string of the molecule is O=C(N[C@H](c1cn2ncc([C@@H](O)NC(=O)[C@@H](O)CC(F)(F)F)cc2n1)C1CCC(F)(F)CC1)c1cnn(CC(F)(F)F)n1. The van der Waals surface area contributed by atoms with E-state index in [1.807, 2.05) is 5.32 Å². The summed E-state index contributed by atoms with van der Waals surface area (Å²) < 4.78 is 104. The summed E-state index contributed by atoms with van der Waals surface area (Å²) in [6, 6.07) is 0.150. The molecule has 0 spiro atoms. The van der Waals surface area contributed by atoms with E-state index >= 15 is 0 Å². The van der Waals surface area contributed by atoms with Crippen LogP contribution in [0.25, 0.3) is 5.65 Å². The van der Waals surface area contributed by atoms with Gasteiger partial charge in [-0.05, 0) is 24.8 Å². The van der Waals surface area contributed by atoms with Crippen LogP contribution < -0.4 is 10.6 Å². The maximum Gasteiger partial charge on any atom is 0.409 e. The van der Waals surface area contributed by atoms with Gasteiger partial charge in [0.25, 0.3) is 11.8 Å². The minimum atomic E-state index is -4.84. The normalized spacial score (nSPS) is 18.3. The highest BCUT2D eigenvalue weighted by atomic mass is 19.4. The molecular weight excluding hydrogens is 604 g/mol. The number of nitrogens with zero attached hydrogens (tertiary/aromatic N) is 6. The van der Waals surface area contributed by atoms with E-state index in [0.29, 0.717) is 0 Å². The Morgan fingerprint density at radius 2 is 1.70 bits per heavy atom. The second-order valence-corrected chi connectivity index (χ2v) is 10.0. The number of imidazole rings is 1. The molecule has 0 aromatic carbocycles. The van der Waals surface area contributed by atoms with Crippen LogP contribution in [-0.4, -0.2) is 76.0 Å². The lowest BCUT2D eigenvalue weighted by Gasteiger charge is -2.33. The first kappa shape index (κ1) is 32.0. The van der Waals surface area contributed by atoms with Crippen LogP contribution in [0.1, 0.15) is 66.1 Å². The van der Waals surface area contributed by atoms with Crippen molar-refractivity contribution in [1.82, 2.24) is 40.2 Å². The molecule has 1 fully saturated rings. The van der Waals surface area contributed by atoms with Gasteiger partial charge in [0.15, 0.2) is 24.1 Å².